The molecule has 0 saturated carbocycles. The Labute approximate surface area is 90.1 Å². The molecule has 1 unspecified atom stereocenters. The summed E-state index contributed by atoms with van der Waals surface area (Å²) in [6, 6.07) is 2.28. The molecule has 1 aromatic heterocycles. The van der Waals surface area contributed by atoms with E-state index < -0.39 is 0 Å². The largest absolute Gasteiger partial charge is 0.329 e. The van der Waals surface area contributed by atoms with Crippen LogP contribution in [-0.4, -0.2) is 34.8 Å². The molecule has 0 aliphatic carbocycles. The Hall–Kier alpha value is -1.38. The van der Waals surface area contributed by atoms with Gasteiger partial charge in [0.25, 0.3) is 0 Å². The molecule has 2 N–H and O–H groups in total. The first-order valence-corrected chi connectivity index (χ1v) is 4.94. The van der Waals surface area contributed by atoms with Gasteiger partial charge in [-0.3, -0.25) is 9.58 Å². The molecule has 0 bridgehead atoms. The molecule has 82 valence electrons. The van der Waals surface area contributed by atoms with Gasteiger partial charge >= 0.3 is 0 Å². The molecule has 1 aromatic rings. The van der Waals surface area contributed by atoms with Gasteiger partial charge in [0.2, 0.25) is 0 Å². The van der Waals surface area contributed by atoms with E-state index in [1.165, 1.54) is 0 Å². The number of aryl methyl sites for hydroxylation is 1. The number of hydrogen-bond donors (Lipinski definition) is 1. The Morgan fingerprint density at radius 3 is 2.93 bits per heavy atom. The van der Waals surface area contributed by atoms with Gasteiger partial charge in [0, 0.05) is 44.4 Å². The molecule has 5 nitrogen and oxygen atoms in total. The Balaban J connectivity index is 2.67. The van der Waals surface area contributed by atoms with Crippen LogP contribution < -0.4 is 5.73 Å². The van der Waals surface area contributed by atoms with Crippen LogP contribution in [0.25, 0.3) is 0 Å². The highest BCUT2D eigenvalue weighted by Gasteiger charge is 2.16. The van der Waals surface area contributed by atoms with Crippen molar-refractivity contribution in [2.24, 2.45) is 12.8 Å². The molecule has 0 radical (unpaired) electrons. The summed E-state index contributed by atoms with van der Waals surface area (Å²) < 4.78 is 1.76. The second-order valence-electron chi connectivity index (χ2n) is 3.59. The molecule has 0 fully saturated rings. The third-order valence-corrected chi connectivity index (χ3v) is 2.44. The van der Waals surface area contributed by atoms with E-state index in [0.29, 0.717) is 13.0 Å². The van der Waals surface area contributed by atoms with E-state index in [2.05, 4.69) is 16.1 Å². The second-order valence-corrected chi connectivity index (χ2v) is 3.59. The summed E-state index contributed by atoms with van der Waals surface area (Å²) in [4.78, 5) is 2.08. The Morgan fingerprint density at radius 2 is 2.47 bits per heavy atom. The van der Waals surface area contributed by atoms with Gasteiger partial charge in [-0.1, -0.05) is 0 Å². The molecule has 15 heavy (non-hydrogen) atoms. The van der Waals surface area contributed by atoms with Crippen molar-refractivity contribution in [1.82, 2.24) is 14.7 Å². The third-order valence-electron chi connectivity index (χ3n) is 2.44. The second kappa shape index (κ2) is 5.49. The molecular formula is C10H17N5. The van der Waals surface area contributed by atoms with E-state index in [-0.39, 0.29) is 6.04 Å². The number of hydrogen-bond acceptors (Lipinski definition) is 4. The Bertz CT molecular complexity index is 338. The van der Waals surface area contributed by atoms with Crippen LogP contribution in [0.3, 0.4) is 0 Å². The predicted molar refractivity (Wildman–Crippen MR) is 57.9 cm³/mol. The van der Waals surface area contributed by atoms with Crippen molar-refractivity contribution in [3.8, 4) is 6.07 Å². The van der Waals surface area contributed by atoms with Gasteiger partial charge in [0.15, 0.2) is 0 Å². The molecule has 0 spiro atoms. The lowest BCUT2D eigenvalue weighted by molar-refractivity contribution is 0.256. The van der Waals surface area contributed by atoms with Gasteiger partial charge in [-0.2, -0.15) is 10.4 Å². The summed E-state index contributed by atoms with van der Waals surface area (Å²) in [7, 11) is 3.86. The molecule has 1 rings (SSSR count). The van der Waals surface area contributed by atoms with Crippen molar-refractivity contribution in [1.29, 1.82) is 5.26 Å². The molecule has 0 aromatic carbocycles. The summed E-state index contributed by atoms with van der Waals surface area (Å²) in [5, 5.41) is 12.6. The standard InChI is InChI=1S/C10H17N5/c1-14(5-3-4-11)10(6-12)9-7-13-15(2)8-9/h7-8,10H,3,5-6,12H2,1-2H3. The molecule has 0 amide bonds. The minimum Gasteiger partial charge on any atom is -0.329 e. The third kappa shape index (κ3) is 3.05. The van der Waals surface area contributed by atoms with E-state index >= 15 is 0 Å². The zero-order valence-corrected chi connectivity index (χ0v) is 9.22. The quantitative estimate of drug-likeness (QED) is 0.752. The molecule has 0 saturated heterocycles. The number of aromatic nitrogens is 2. The lowest BCUT2D eigenvalue weighted by Gasteiger charge is -2.24. The van der Waals surface area contributed by atoms with Crippen LogP contribution in [0.4, 0.5) is 0 Å². The molecule has 0 aliphatic rings. The van der Waals surface area contributed by atoms with Gasteiger partial charge in [-0.15, -0.1) is 0 Å². The zero-order valence-electron chi connectivity index (χ0n) is 9.22. The summed E-state index contributed by atoms with van der Waals surface area (Å²) in [6.45, 7) is 1.26. The van der Waals surface area contributed by atoms with Crippen LogP contribution >= 0.6 is 0 Å². The van der Waals surface area contributed by atoms with Crippen LogP contribution in [0.5, 0.6) is 0 Å². The van der Waals surface area contributed by atoms with Crippen molar-refractivity contribution in [3.63, 3.8) is 0 Å². The van der Waals surface area contributed by atoms with Crippen LogP contribution in [0.1, 0.15) is 18.0 Å². The number of rotatable bonds is 5. The van der Waals surface area contributed by atoms with Crippen molar-refractivity contribution < 1.29 is 0 Å². The maximum absolute atomic E-state index is 8.52. The van der Waals surface area contributed by atoms with Crippen molar-refractivity contribution in [3.05, 3.63) is 18.0 Å². The fourth-order valence-electron chi connectivity index (χ4n) is 1.56. The van der Waals surface area contributed by atoms with Crippen LogP contribution in [0.15, 0.2) is 12.4 Å². The average Bonchev–Trinajstić information content (AvgIpc) is 2.63. The molecule has 5 heteroatoms. The van der Waals surface area contributed by atoms with Gasteiger partial charge in [0.1, 0.15) is 0 Å². The van der Waals surface area contributed by atoms with E-state index in [4.69, 9.17) is 11.0 Å². The van der Waals surface area contributed by atoms with Gasteiger partial charge in [-0.25, -0.2) is 0 Å². The average molecular weight is 207 g/mol. The molecule has 1 heterocycles. The van der Waals surface area contributed by atoms with E-state index in [0.717, 1.165) is 12.1 Å². The molecular weight excluding hydrogens is 190 g/mol. The predicted octanol–water partition coefficient (Wildman–Crippen LogP) is 0.265. The fraction of sp³-hybridized carbons (Fsp3) is 0.600. The minimum atomic E-state index is 0.145. The first-order chi connectivity index (χ1) is 7.19. The summed E-state index contributed by atoms with van der Waals surface area (Å²) >= 11 is 0. The van der Waals surface area contributed by atoms with Crippen molar-refractivity contribution in [2.75, 3.05) is 20.1 Å². The number of nitriles is 1. The normalized spacial score (nSPS) is 12.7. The zero-order chi connectivity index (χ0) is 11.3. The highest BCUT2D eigenvalue weighted by Crippen LogP contribution is 2.16. The number of nitrogens with zero attached hydrogens (tertiary/aromatic N) is 4. The highest BCUT2D eigenvalue weighted by molar-refractivity contribution is 5.10. The number of likely N-dealkylation sites (N-methyl/N-ethyl adjacent to an activating group) is 1. The van der Waals surface area contributed by atoms with Crippen LogP contribution in [-0.2, 0) is 7.05 Å². The van der Waals surface area contributed by atoms with Crippen LogP contribution in [0.2, 0.25) is 0 Å². The Morgan fingerprint density at radius 1 is 1.73 bits per heavy atom. The fourth-order valence-corrected chi connectivity index (χ4v) is 1.56. The maximum atomic E-state index is 8.52. The smallest absolute Gasteiger partial charge is 0.0635 e. The Kier molecular flexibility index (Phi) is 4.28. The molecule has 0 aliphatic heterocycles. The first-order valence-electron chi connectivity index (χ1n) is 4.94. The van der Waals surface area contributed by atoms with E-state index in [9.17, 15) is 0 Å². The maximum Gasteiger partial charge on any atom is 0.0635 e. The highest BCUT2D eigenvalue weighted by atomic mass is 15.2. The van der Waals surface area contributed by atoms with E-state index in [1.54, 1.807) is 4.68 Å². The van der Waals surface area contributed by atoms with Crippen molar-refractivity contribution >= 4 is 0 Å². The monoisotopic (exact) mass is 207 g/mol. The van der Waals surface area contributed by atoms with E-state index in [1.807, 2.05) is 26.5 Å². The topological polar surface area (TPSA) is 70.9 Å². The van der Waals surface area contributed by atoms with Gasteiger partial charge in [0.05, 0.1) is 12.3 Å². The summed E-state index contributed by atoms with van der Waals surface area (Å²) in [6.07, 6.45) is 4.30. The summed E-state index contributed by atoms with van der Waals surface area (Å²) in [5.41, 5.74) is 6.82. The van der Waals surface area contributed by atoms with Crippen molar-refractivity contribution in [2.45, 2.75) is 12.5 Å². The number of nitrogens with two attached hydrogens (primary N) is 1. The van der Waals surface area contributed by atoms with Gasteiger partial charge in [-0.05, 0) is 7.05 Å². The lowest BCUT2D eigenvalue weighted by Crippen LogP contribution is -2.31. The molecule has 1 atom stereocenters. The van der Waals surface area contributed by atoms with Gasteiger partial charge < -0.3 is 5.73 Å². The SMILES string of the molecule is CN(CCC#N)C(CN)c1cnn(C)c1. The minimum absolute atomic E-state index is 0.145. The lowest BCUT2D eigenvalue weighted by atomic mass is 10.1. The first kappa shape index (κ1) is 11.7. The summed E-state index contributed by atoms with van der Waals surface area (Å²) in [5.74, 6) is 0. The van der Waals surface area contributed by atoms with Crippen LogP contribution in [0, 0.1) is 11.3 Å².